The lowest BCUT2D eigenvalue weighted by molar-refractivity contribution is -0.885. The third-order valence-corrected chi connectivity index (χ3v) is 5.71. The van der Waals surface area contributed by atoms with Gasteiger partial charge in [-0.25, -0.2) is 0 Å². The van der Waals surface area contributed by atoms with Crippen LogP contribution in [0.4, 0.5) is 0 Å². The van der Waals surface area contributed by atoms with Crippen LogP contribution in [-0.4, -0.2) is 23.1 Å². The number of ketones is 1. The van der Waals surface area contributed by atoms with Gasteiger partial charge in [-0.2, -0.15) is 0 Å². The monoisotopic (exact) mass is 317 g/mol. The average molecular weight is 318 g/mol. The van der Waals surface area contributed by atoms with E-state index in [4.69, 9.17) is 17.3 Å². The van der Waals surface area contributed by atoms with Crippen LogP contribution >= 0.6 is 11.6 Å². The molecule has 0 bridgehead atoms. The number of halogens is 1. The Kier molecular flexibility index (Phi) is 3.13. The number of rotatable bonds is 1. The van der Waals surface area contributed by atoms with Gasteiger partial charge in [-0.15, -0.1) is 11.6 Å². The van der Waals surface area contributed by atoms with E-state index in [9.17, 15) is 9.59 Å². The maximum Gasteiger partial charge on any atom is 0.276 e. The molecule has 5 heteroatoms. The molecule has 6 atom stereocenters. The van der Waals surface area contributed by atoms with E-state index in [0.717, 1.165) is 16.0 Å². The fourth-order valence-electron chi connectivity index (χ4n) is 4.63. The molecule has 1 saturated carbocycles. The van der Waals surface area contributed by atoms with Gasteiger partial charge >= 0.3 is 0 Å². The van der Waals surface area contributed by atoms with Crippen molar-refractivity contribution in [1.29, 1.82) is 0 Å². The molecule has 0 aromatic heterocycles. The number of nitrogens with two attached hydrogens (primary N) is 1. The number of hydrogen-bond donors (Lipinski definition) is 2. The number of fused-ring (bicyclic) bond motifs is 5. The molecule has 22 heavy (non-hydrogen) atoms. The van der Waals surface area contributed by atoms with Crippen LogP contribution in [-0.2, 0) is 9.59 Å². The lowest BCUT2D eigenvalue weighted by Crippen LogP contribution is -3.12. The lowest BCUT2D eigenvalue weighted by Gasteiger charge is -2.29. The molecular formula is C17H18ClN2O2+. The maximum absolute atomic E-state index is 12.6. The van der Waals surface area contributed by atoms with Crippen molar-refractivity contribution in [2.45, 2.75) is 30.3 Å². The van der Waals surface area contributed by atoms with E-state index in [1.165, 1.54) is 0 Å². The first kappa shape index (κ1) is 14.0. The van der Waals surface area contributed by atoms with Gasteiger partial charge in [-0.3, -0.25) is 14.5 Å². The SMILES string of the molecule is NC(=O)[C@H]1[C@@H]2C[C@H](Cl)CC(=O)[C@H]2[C@@H]2c3ccccc3C=C[NH+]12. The van der Waals surface area contributed by atoms with E-state index in [-0.39, 0.29) is 41.0 Å². The second-order valence-corrected chi connectivity index (χ2v) is 7.13. The van der Waals surface area contributed by atoms with Crippen LogP contribution in [0.2, 0.25) is 0 Å². The first-order chi connectivity index (χ1) is 10.6. The molecule has 1 unspecified atom stereocenters. The van der Waals surface area contributed by atoms with E-state index in [0.29, 0.717) is 12.8 Å². The second-order valence-electron chi connectivity index (χ2n) is 6.51. The molecule has 1 amide bonds. The van der Waals surface area contributed by atoms with Crippen LogP contribution in [0, 0.1) is 11.8 Å². The Hall–Kier alpha value is -1.65. The first-order valence-electron chi connectivity index (χ1n) is 7.67. The Labute approximate surface area is 133 Å². The second kappa shape index (κ2) is 4.93. The predicted molar refractivity (Wildman–Crippen MR) is 83.0 cm³/mol. The van der Waals surface area contributed by atoms with Gasteiger partial charge in [0.05, 0.1) is 12.1 Å². The van der Waals surface area contributed by atoms with Gasteiger partial charge < -0.3 is 5.73 Å². The summed E-state index contributed by atoms with van der Waals surface area (Å²) >= 11 is 6.25. The van der Waals surface area contributed by atoms with Gasteiger partial charge in [0.25, 0.3) is 5.91 Å². The molecule has 4 nitrogen and oxygen atoms in total. The fourth-order valence-corrected chi connectivity index (χ4v) is 4.99. The fraction of sp³-hybridized carbons (Fsp3) is 0.412. The minimum Gasteiger partial charge on any atom is -0.364 e. The number of amides is 1. The lowest BCUT2D eigenvalue weighted by atomic mass is 9.73. The number of quaternary nitrogens is 1. The van der Waals surface area contributed by atoms with Gasteiger partial charge in [0.2, 0.25) is 0 Å². The molecule has 1 aromatic carbocycles. The van der Waals surface area contributed by atoms with Crippen molar-refractivity contribution in [2.24, 2.45) is 17.6 Å². The van der Waals surface area contributed by atoms with Gasteiger partial charge in [-0.05, 0) is 18.1 Å². The van der Waals surface area contributed by atoms with Gasteiger partial charge in [-0.1, -0.05) is 24.3 Å². The molecule has 2 fully saturated rings. The zero-order chi connectivity index (χ0) is 15.4. The van der Waals surface area contributed by atoms with Gasteiger partial charge in [0.1, 0.15) is 11.8 Å². The zero-order valence-corrected chi connectivity index (χ0v) is 12.8. The third kappa shape index (κ3) is 1.87. The van der Waals surface area contributed by atoms with E-state index >= 15 is 0 Å². The number of carbonyl (C=O) groups is 2. The summed E-state index contributed by atoms with van der Waals surface area (Å²) < 4.78 is 0. The topological polar surface area (TPSA) is 64.6 Å². The standard InChI is InChI=1S/C17H17ClN2O2/c18-10-7-12-14(13(21)8-10)15-11-4-2-1-3-9(11)5-6-20(15)16(12)17(19)22/h1-6,10,12,14-16H,7-8H2,(H2,19,22)/p+1/t10-,12+,14-,15-,16+/m0/s1. The number of primary amides is 1. The highest BCUT2D eigenvalue weighted by atomic mass is 35.5. The number of nitrogens with one attached hydrogen (secondary N) is 1. The van der Waals surface area contributed by atoms with E-state index < -0.39 is 0 Å². The number of hydrogen-bond acceptors (Lipinski definition) is 2. The summed E-state index contributed by atoms with van der Waals surface area (Å²) in [5.74, 6) is -0.381. The van der Waals surface area contributed by atoms with Crippen LogP contribution in [0.1, 0.15) is 30.0 Å². The van der Waals surface area contributed by atoms with E-state index in [1.807, 2.05) is 30.5 Å². The molecule has 1 aromatic rings. The molecule has 1 aliphatic carbocycles. The van der Waals surface area contributed by atoms with Crippen molar-refractivity contribution in [3.63, 3.8) is 0 Å². The molecule has 114 valence electrons. The minimum absolute atomic E-state index is 0.0135. The quantitative estimate of drug-likeness (QED) is 0.748. The Morgan fingerprint density at radius 1 is 1.32 bits per heavy atom. The summed E-state index contributed by atoms with van der Waals surface area (Å²) in [6.07, 6.45) is 5.10. The van der Waals surface area contributed by atoms with Crippen LogP contribution in [0.25, 0.3) is 6.08 Å². The Bertz CT molecular complexity index is 687. The van der Waals surface area contributed by atoms with Gasteiger partial charge in [0, 0.05) is 23.3 Å². The van der Waals surface area contributed by atoms with Crippen molar-refractivity contribution >= 4 is 29.4 Å². The average Bonchev–Trinajstić information content (AvgIpc) is 2.81. The molecule has 4 rings (SSSR count). The van der Waals surface area contributed by atoms with E-state index in [1.54, 1.807) is 0 Å². The van der Waals surface area contributed by atoms with Crippen LogP contribution in [0.5, 0.6) is 0 Å². The van der Waals surface area contributed by atoms with Crippen LogP contribution < -0.4 is 10.6 Å². The highest BCUT2D eigenvalue weighted by Crippen LogP contribution is 2.44. The predicted octanol–water partition coefficient (Wildman–Crippen LogP) is 0.667. The summed E-state index contributed by atoms with van der Waals surface area (Å²) in [7, 11) is 0. The summed E-state index contributed by atoms with van der Waals surface area (Å²) in [6, 6.07) is 7.70. The molecule has 3 aliphatic rings. The number of benzene rings is 1. The zero-order valence-electron chi connectivity index (χ0n) is 12.0. The molecule has 2 heterocycles. The summed E-state index contributed by atoms with van der Waals surface area (Å²) in [6.45, 7) is 0. The summed E-state index contributed by atoms with van der Waals surface area (Å²) in [5.41, 5.74) is 7.94. The van der Waals surface area contributed by atoms with Crippen molar-refractivity contribution in [3.05, 3.63) is 41.6 Å². The van der Waals surface area contributed by atoms with Crippen LogP contribution in [0.15, 0.2) is 30.5 Å². The summed E-state index contributed by atoms with van der Waals surface area (Å²) in [4.78, 5) is 25.7. The third-order valence-electron chi connectivity index (χ3n) is 5.38. The van der Waals surface area contributed by atoms with E-state index in [2.05, 4.69) is 6.07 Å². The largest absolute Gasteiger partial charge is 0.364 e. The molecule has 1 saturated heterocycles. The van der Waals surface area contributed by atoms with Crippen molar-refractivity contribution < 1.29 is 14.5 Å². The highest BCUT2D eigenvalue weighted by molar-refractivity contribution is 6.22. The first-order valence-corrected chi connectivity index (χ1v) is 8.11. The van der Waals surface area contributed by atoms with Crippen LogP contribution in [0.3, 0.4) is 0 Å². The van der Waals surface area contributed by atoms with Crippen molar-refractivity contribution in [1.82, 2.24) is 0 Å². The van der Waals surface area contributed by atoms with Crippen molar-refractivity contribution in [3.8, 4) is 0 Å². The summed E-state index contributed by atoms with van der Waals surface area (Å²) in [5, 5.41) is -0.185. The van der Waals surface area contributed by atoms with Gasteiger partial charge in [0.15, 0.2) is 6.04 Å². The Balaban J connectivity index is 1.86. The number of alkyl halides is 1. The molecule has 0 radical (unpaired) electrons. The normalized spacial score (nSPS) is 39.0. The van der Waals surface area contributed by atoms with Crippen molar-refractivity contribution in [2.75, 3.05) is 0 Å². The highest BCUT2D eigenvalue weighted by Gasteiger charge is 2.60. The Morgan fingerprint density at radius 3 is 2.86 bits per heavy atom. The molecule has 3 N–H and O–H groups in total. The molecule has 2 aliphatic heterocycles. The minimum atomic E-state index is -0.370. The molecular weight excluding hydrogens is 300 g/mol. The Morgan fingerprint density at radius 2 is 2.09 bits per heavy atom. The maximum atomic E-state index is 12.6. The molecule has 0 spiro atoms. The number of carbonyl (C=O) groups excluding carboxylic acids is 2. The number of Topliss-reactive ketones (excluding diaryl/α,β-unsaturated/α-hetero) is 1. The smallest absolute Gasteiger partial charge is 0.276 e.